The van der Waals surface area contributed by atoms with Crippen molar-refractivity contribution in [1.82, 2.24) is 9.80 Å². The Morgan fingerprint density at radius 2 is 2.14 bits per heavy atom. The molecule has 1 saturated heterocycles. The zero-order chi connectivity index (χ0) is 13.5. The number of rotatable bonds is 4. The van der Waals surface area contributed by atoms with E-state index in [-0.39, 0.29) is 12.4 Å². The molecule has 1 saturated carbocycles. The van der Waals surface area contributed by atoms with Crippen molar-refractivity contribution in [2.24, 2.45) is 5.92 Å². The molecule has 2 fully saturated rings. The van der Waals surface area contributed by atoms with E-state index >= 15 is 0 Å². The summed E-state index contributed by atoms with van der Waals surface area (Å²) in [7, 11) is 0. The van der Waals surface area contributed by atoms with Gasteiger partial charge in [0.2, 0.25) is 5.91 Å². The van der Waals surface area contributed by atoms with E-state index in [4.69, 9.17) is 0 Å². The van der Waals surface area contributed by atoms with Crippen molar-refractivity contribution < 1.29 is 4.79 Å². The van der Waals surface area contributed by atoms with Gasteiger partial charge < -0.3 is 10.2 Å². The maximum atomic E-state index is 12.0. The highest BCUT2D eigenvalue weighted by Gasteiger charge is 2.32. The zero-order valence-corrected chi connectivity index (χ0v) is 13.0. The zero-order valence-electron chi connectivity index (χ0n) is 12.2. The number of carbonyl (C=O) groups excluding carboxylic acids is 1. The van der Waals surface area contributed by atoms with Crippen LogP contribution in [0.25, 0.3) is 0 Å². The third-order valence-corrected chi connectivity index (χ3v) is 4.58. The van der Waals surface area contributed by atoms with E-state index < -0.39 is 0 Å². The summed E-state index contributed by atoms with van der Waals surface area (Å²) in [6, 6.07) is 6.53. The summed E-state index contributed by atoms with van der Waals surface area (Å²) < 4.78 is 0. The minimum Gasteiger partial charge on any atom is -0.384 e. The van der Waals surface area contributed by atoms with Crippen molar-refractivity contribution in [3.8, 4) is 0 Å². The lowest BCUT2D eigenvalue weighted by Crippen LogP contribution is -2.29. The maximum absolute atomic E-state index is 12.0. The van der Waals surface area contributed by atoms with Gasteiger partial charge in [-0.1, -0.05) is 18.2 Å². The first-order valence-corrected chi connectivity index (χ1v) is 7.64. The second kappa shape index (κ2) is 5.85. The highest BCUT2D eigenvalue weighted by Crippen LogP contribution is 2.31. The Hall–Kier alpha value is -1.26. The molecule has 3 aliphatic rings. The van der Waals surface area contributed by atoms with Crippen LogP contribution in [0.15, 0.2) is 18.2 Å². The van der Waals surface area contributed by atoms with Crippen LogP contribution in [0.2, 0.25) is 0 Å². The van der Waals surface area contributed by atoms with Crippen LogP contribution in [0.1, 0.15) is 24.0 Å². The van der Waals surface area contributed by atoms with Crippen LogP contribution in [0.5, 0.6) is 0 Å². The number of benzene rings is 1. The number of hydrogen-bond donors (Lipinski definition) is 1. The quantitative estimate of drug-likeness (QED) is 0.925. The predicted molar refractivity (Wildman–Crippen MR) is 85.6 cm³/mol. The summed E-state index contributed by atoms with van der Waals surface area (Å²) in [5, 5.41) is 3.48. The fourth-order valence-electron chi connectivity index (χ4n) is 3.32. The van der Waals surface area contributed by atoms with Crippen LogP contribution in [0, 0.1) is 5.92 Å². The smallest absolute Gasteiger partial charge is 0.237 e. The van der Waals surface area contributed by atoms with Crippen molar-refractivity contribution in [3.05, 3.63) is 29.3 Å². The molecule has 21 heavy (non-hydrogen) atoms. The van der Waals surface area contributed by atoms with E-state index in [2.05, 4.69) is 28.4 Å². The lowest BCUT2D eigenvalue weighted by Gasteiger charge is -2.19. The van der Waals surface area contributed by atoms with Crippen molar-refractivity contribution in [2.75, 3.05) is 31.6 Å². The molecule has 1 aliphatic carbocycles. The Labute approximate surface area is 131 Å². The second-order valence-electron chi connectivity index (χ2n) is 6.32. The lowest BCUT2D eigenvalue weighted by molar-refractivity contribution is -0.126. The topological polar surface area (TPSA) is 35.6 Å². The van der Waals surface area contributed by atoms with Crippen molar-refractivity contribution in [2.45, 2.75) is 25.8 Å². The number of carbonyl (C=O) groups is 1. The van der Waals surface area contributed by atoms with Gasteiger partial charge in [0.1, 0.15) is 0 Å². The van der Waals surface area contributed by atoms with Gasteiger partial charge in [0.25, 0.3) is 0 Å². The second-order valence-corrected chi connectivity index (χ2v) is 6.32. The molecule has 1 aromatic rings. The van der Waals surface area contributed by atoms with Gasteiger partial charge in [0.05, 0.1) is 13.2 Å². The van der Waals surface area contributed by atoms with Crippen LogP contribution in [0.3, 0.4) is 0 Å². The molecule has 4 nitrogen and oxygen atoms in total. The highest BCUT2D eigenvalue weighted by molar-refractivity contribution is 5.85. The van der Waals surface area contributed by atoms with E-state index in [1.54, 1.807) is 0 Å². The third kappa shape index (κ3) is 3.01. The van der Waals surface area contributed by atoms with Gasteiger partial charge in [-0.15, -0.1) is 12.4 Å². The summed E-state index contributed by atoms with van der Waals surface area (Å²) in [4.78, 5) is 16.3. The van der Waals surface area contributed by atoms with E-state index in [1.807, 2.05) is 4.90 Å². The minimum atomic E-state index is 0. The van der Waals surface area contributed by atoms with Gasteiger partial charge in [0.15, 0.2) is 0 Å². The largest absolute Gasteiger partial charge is 0.384 e. The molecule has 0 spiro atoms. The van der Waals surface area contributed by atoms with Gasteiger partial charge >= 0.3 is 0 Å². The Morgan fingerprint density at radius 3 is 2.95 bits per heavy atom. The van der Waals surface area contributed by atoms with E-state index in [9.17, 15) is 4.79 Å². The summed E-state index contributed by atoms with van der Waals surface area (Å²) in [6.45, 7) is 4.28. The average molecular weight is 308 g/mol. The van der Waals surface area contributed by atoms with Gasteiger partial charge in [-0.05, 0) is 36.3 Å². The number of halogens is 1. The number of nitrogens with one attached hydrogen (secondary N) is 1. The molecule has 0 atom stereocenters. The maximum Gasteiger partial charge on any atom is 0.237 e. The molecule has 1 N–H and O–H groups in total. The van der Waals surface area contributed by atoms with Crippen LogP contribution in [0.4, 0.5) is 5.69 Å². The van der Waals surface area contributed by atoms with Gasteiger partial charge in [-0.3, -0.25) is 9.69 Å². The Balaban J connectivity index is 0.00000132. The van der Waals surface area contributed by atoms with Crippen molar-refractivity contribution >= 4 is 24.0 Å². The lowest BCUT2D eigenvalue weighted by atomic mass is 10.1. The number of amides is 1. The molecule has 5 heteroatoms. The number of anilines is 1. The molecule has 1 aromatic carbocycles. The standard InChI is InChI=1S/C16H21N3O.ClH/c20-15-10-18(11-19(15)8-12-4-5-12)9-14-3-1-2-13-6-7-17-16(13)14;/h1-3,12,17H,4-11H2;1H. The van der Waals surface area contributed by atoms with Gasteiger partial charge in [-0.25, -0.2) is 0 Å². The van der Waals surface area contributed by atoms with E-state index in [1.165, 1.54) is 29.7 Å². The van der Waals surface area contributed by atoms with E-state index in [0.717, 1.165) is 38.6 Å². The van der Waals surface area contributed by atoms with Crippen LogP contribution >= 0.6 is 12.4 Å². The number of nitrogens with zero attached hydrogens (tertiary/aromatic N) is 2. The summed E-state index contributed by atoms with van der Waals surface area (Å²) >= 11 is 0. The normalized spacial score (nSPS) is 21.1. The molecule has 0 unspecified atom stereocenters. The predicted octanol–water partition coefficient (Wildman–Crippen LogP) is 2.09. The van der Waals surface area contributed by atoms with Crippen LogP contribution in [-0.2, 0) is 17.8 Å². The molecule has 0 aromatic heterocycles. The van der Waals surface area contributed by atoms with Crippen LogP contribution < -0.4 is 5.32 Å². The molecule has 0 bridgehead atoms. The van der Waals surface area contributed by atoms with Crippen molar-refractivity contribution in [3.63, 3.8) is 0 Å². The number of hydrogen-bond acceptors (Lipinski definition) is 3. The molecular formula is C16H22ClN3O. The Bertz CT molecular complexity index is 544. The third-order valence-electron chi connectivity index (χ3n) is 4.58. The average Bonchev–Trinajstić information content (AvgIpc) is 2.99. The first-order valence-electron chi connectivity index (χ1n) is 7.64. The molecule has 4 rings (SSSR count). The first-order chi connectivity index (χ1) is 9.79. The Kier molecular flexibility index (Phi) is 4.09. The van der Waals surface area contributed by atoms with Crippen LogP contribution in [-0.4, -0.2) is 42.0 Å². The minimum absolute atomic E-state index is 0. The molecule has 1 amide bonds. The van der Waals surface area contributed by atoms with E-state index in [0.29, 0.717) is 12.5 Å². The van der Waals surface area contributed by atoms with Gasteiger partial charge in [0, 0.05) is 25.3 Å². The van der Waals surface area contributed by atoms with Crippen molar-refractivity contribution in [1.29, 1.82) is 0 Å². The monoisotopic (exact) mass is 307 g/mol. The molecular weight excluding hydrogens is 286 g/mol. The molecule has 2 heterocycles. The molecule has 2 aliphatic heterocycles. The Morgan fingerprint density at radius 1 is 1.29 bits per heavy atom. The summed E-state index contributed by atoms with van der Waals surface area (Å²) in [6.07, 6.45) is 3.73. The molecule has 0 radical (unpaired) electrons. The summed E-state index contributed by atoms with van der Waals surface area (Å²) in [5.41, 5.74) is 4.06. The number of para-hydroxylation sites is 1. The fourth-order valence-corrected chi connectivity index (χ4v) is 3.32. The van der Waals surface area contributed by atoms with Gasteiger partial charge in [-0.2, -0.15) is 0 Å². The number of fused-ring (bicyclic) bond motifs is 1. The molecule has 114 valence electrons. The first kappa shape index (κ1) is 14.7. The summed E-state index contributed by atoms with van der Waals surface area (Å²) in [5.74, 6) is 1.08. The fraction of sp³-hybridized carbons (Fsp3) is 0.562. The highest BCUT2D eigenvalue weighted by atomic mass is 35.5. The SMILES string of the molecule is Cl.O=C1CN(Cc2cccc3c2NCC3)CN1CC1CC1.